The lowest BCUT2D eigenvalue weighted by atomic mass is 9.95. The van der Waals surface area contributed by atoms with Gasteiger partial charge in [0.25, 0.3) is 0 Å². The van der Waals surface area contributed by atoms with Crippen LogP contribution in [0.25, 0.3) is 21.6 Å². The summed E-state index contributed by atoms with van der Waals surface area (Å²) in [5.74, 6) is 0.285. The Bertz CT molecular complexity index is 1510. The Morgan fingerprint density at radius 2 is 1.85 bits per heavy atom. The van der Waals surface area contributed by atoms with Crippen molar-refractivity contribution in [2.75, 3.05) is 14.2 Å². The van der Waals surface area contributed by atoms with Crippen LogP contribution in [0.4, 0.5) is 0 Å². The van der Waals surface area contributed by atoms with Gasteiger partial charge in [0.15, 0.2) is 6.29 Å². The molecule has 1 unspecified atom stereocenters. The number of esters is 1. The first-order valence-electron chi connectivity index (χ1n) is 13.8. The molecular formula is C32H36N2O6S. The highest BCUT2D eigenvalue weighted by atomic mass is 32.1. The zero-order valence-corrected chi connectivity index (χ0v) is 24.8. The van der Waals surface area contributed by atoms with Crippen LogP contribution >= 0.6 is 11.3 Å². The highest BCUT2D eigenvalue weighted by Crippen LogP contribution is 2.41. The monoisotopic (exact) mass is 576 g/mol. The fraction of sp³-hybridized carbons (Fsp3) is 0.406. The van der Waals surface area contributed by atoms with Gasteiger partial charge in [0.2, 0.25) is 0 Å². The zero-order valence-electron chi connectivity index (χ0n) is 24.0. The maximum atomic E-state index is 13.2. The highest BCUT2D eigenvalue weighted by molar-refractivity contribution is 7.13. The molecule has 0 aliphatic heterocycles. The summed E-state index contributed by atoms with van der Waals surface area (Å²) in [4.78, 5) is 23.0. The molecule has 0 spiro atoms. The maximum Gasteiger partial charge on any atom is 0.309 e. The summed E-state index contributed by atoms with van der Waals surface area (Å²) in [5, 5.41) is 14.3. The normalized spacial score (nSPS) is 19.4. The molecule has 9 heteroatoms. The van der Waals surface area contributed by atoms with Crippen LogP contribution in [0.1, 0.15) is 49.4 Å². The molecule has 4 atom stereocenters. The number of benzene rings is 2. The number of aryl methyl sites for hydroxylation is 1. The number of aliphatic hydroxyl groups excluding tert-OH is 1. The summed E-state index contributed by atoms with van der Waals surface area (Å²) < 4.78 is 23.1. The molecule has 5 rings (SSSR count). The number of fused-ring (bicyclic) bond motifs is 1. The molecule has 1 aliphatic rings. The topological polar surface area (TPSA) is 100 Å². The minimum Gasteiger partial charge on any atom is -0.496 e. The molecule has 2 aromatic heterocycles. The summed E-state index contributed by atoms with van der Waals surface area (Å²) in [7, 11) is 3.07. The van der Waals surface area contributed by atoms with Gasteiger partial charge in [0, 0.05) is 35.4 Å². The van der Waals surface area contributed by atoms with Crippen LogP contribution in [0.5, 0.6) is 11.5 Å². The first-order chi connectivity index (χ1) is 19.8. The number of pyridine rings is 1. The molecule has 1 N–H and O–H groups in total. The summed E-state index contributed by atoms with van der Waals surface area (Å²) in [6.45, 7) is 6.37. The molecule has 0 saturated heterocycles. The lowest BCUT2D eigenvalue weighted by Gasteiger charge is -2.22. The van der Waals surface area contributed by atoms with Gasteiger partial charge >= 0.3 is 5.97 Å². The number of carbonyl (C=O) groups excluding carboxylic acids is 1. The van der Waals surface area contributed by atoms with Gasteiger partial charge < -0.3 is 24.1 Å². The third kappa shape index (κ3) is 6.22. The quantitative estimate of drug-likeness (QED) is 0.174. The van der Waals surface area contributed by atoms with E-state index in [-0.39, 0.29) is 18.7 Å². The molecule has 1 saturated carbocycles. The predicted octanol–water partition coefficient (Wildman–Crippen LogP) is 6.28. The summed E-state index contributed by atoms with van der Waals surface area (Å²) in [6, 6.07) is 15.3. The average molecular weight is 577 g/mol. The Labute approximate surface area is 244 Å². The molecule has 8 nitrogen and oxygen atoms in total. The van der Waals surface area contributed by atoms with Gasteiger partial charge in [0.1, 0.15) is 34.9 Å². The van der Waals surface area contributed by atoms with Crippen LogP contribution in [0.3, 0.4) is 0 Å². The van der Waals surface area contributed by atoms with Gasteiger partial charge in [-0.25, -0.2) is 9.97 Å². The number of hydrogen-bond donors (Lipinski definition) is 1. The second-order valence-corrected chi connectivity index (χ2v) is 11.6. The smallest absolute Gasteiger partial charge is 0.309 e. The standard InChI is InChI=1S/C32H36N2O6S/c1-18(2)26-17-41-30(34-26)25-15-28(22-11-12-27(37-4)19(3)29(22)33-25)40-21-13-23(31(35)38-5)24(14-21)32(36)39-16-20-9-7-6-8-10-20/h6-12,15,17-18,21,23-24,31,35H,13-14,16H2,1-5H3/t21-,23-,24-,31?/m1/s1. The summed E-state index contributed by atoms with van der Waals surface area (Å²) in [5.41, 5.74) is 4.30. The third-order valence-corrected chi connectivity index (χ3v) is 8.58. The number of aliphatic hydroxyl groups is 1. The van der Waals surface area contributed by atoms with Gasteiger partial charge in [0.05, 0.1) is 24.2 Å². The lowest BCUT2D eigenvalue weighted by molar-refractivity contribution is -0.162. The van der Waals surface area contributed by atoms with E-state index in [2.05, 4.69) is 19.2 Å². The van der Waals surface area contributed by atoms with E-state index in [1.807, 2.05) is 55.5 Å². The van der Waals surface area contributed by atoms with Crippen molar-refractivity contribution in [3.8, 4) is 22.2 Å². The number of ether oxygens (including phenoxy) is 4. The van der Waals surface area contributed by atoms with E-state index in [4.69, 9.17) is 28.9 Å². The van der Waals surface area contributed by atoms with Crippen LogP contribution < -0.4 is 9.47 Å². The molecule has 2 heterocycles. The molecular weight excluding hydrogens is 540 g/mol. The van der Waals surface area contributed by atoms with E-state index in [0.29, 0.717) is 30.2 Å². The lowest BCUT2D eigenvalue weighted by Crippen LogP contribution is -2.31. The third-order valence-electron chi connectivity index (χ3n) is 7.70. The van der Waals surface area contributed by atoms with Crippen molar-refractivity contribution in [3.05, 3.63) is 70.7 Å². The number of carbonyl (C=O) groups is 1. The van der Waals surface area contributed by atoms with Gasteiger partial charge in [-0.3, -0.25) is 4.79 Å². The Morgan fingerprint density at radius 3 is 2.54 bits per heavy atom. The van der Waals surface area contributed by atoms with E-state index in [0.717, 1.165) is 38.5 Å². The van der Waals surface area contributed by atoms with E-state index in [1.54, 1.807) is 18.4 Å². The molecule has 41 heavy (non-hydrogen) atoms. The van der Waals surface area contributed by atoms with Crippen molar-refractivity contribution in [1.29, 1.82) is 0 Å². The molecule has 4 aromatic rings. The van der Waals surface area contributed by atoms with Gasteiger partial charge in [-0.1, -0.05) is 44.2 Å². The van der Waals surface area contributed by atoms with Crippen LogP contribution in [0, 0.1) is 18.8 Å². The second-order valence-electron chi connectivity index (χ2n) is 10.7. The number of hydrogen-bond acceptors (Lipinski definition) is 9. The van der Waals surface area contributed by atoms with E-state index < -0.39 is 18.1 Å². The SMILES string of the molecule is COc1ccc2c(O[C@H]3C[C@@H](C(=O)OCc4ccccc4)[C@H](C(O)OC)C3)cc(-c3nc(C(C)C)cs3)nc2c1C. The first kappa shape index (κ1) is 29.0. The van der Waals surface area contributed by atoms with E-state index >= 15 is 0 Å². The number of aromatic nitrogens is 2. The largest absolute Gasteiger partial charge is 0.496 e. The van der Waals surface area contributed by atoms with Crippen LogP contribution in [0.15, 0.2) is 53.9 Å². The Morgan fingerprint density at radius 1 is 1.07 bits per heavy atom. The highest BCUT2D eigenvalue weighted by Gasteiger charge is 2.45. The van der Waals surface area contributed by atoms with Gasteiger partial charge in [-0.05, 0) is 43.4 Å². The molecule has 1 fully saturated rings. The molecule has 0 bridgehead atoms. The minimum absolute atomic E-state index is 0.170. The Kier molecular flexibility index (Phi) is 8.87. The Hall–Kier alpha value is -3.53. The van der Waals surface area contributed by atoms with E-state index in [9.17, 15) is 9.90 Å². The van der Waals surface area contributed by atoms with Gasteiger partial charge in [-0.2, -0.15) is 0 Å². The Balaban J connectivity index is 1.45. The number of rotatable bonds is 10. The molecule has 0 amide bonds. The van der Waals surface area contributed by atoms with Crippen molar-refractivity contribution >= 4 is 28.2 Å². The first-order valence-corrected chi connectivity index (χ1v) is 14.7. The molecule has 216 valence electrons. The minimum atomic E-state index is -1.11. The number of methoxy groups -OCH3 is 2. The summed E-state index contributed by atoms with van der Waals surface area (Å²) in [6.07, 6.45) is -0.633. The van der Waals surface area contributed by atoms with E-state index in [1.165, 1.54) is 7.11 Å². The molecule has 1 aliphatic carbocycles. The predicted molar refractivity (Wildman–Crippen MR) is 158 cm³/mol. The zero-order chi connectivity index (χ0) is 29.1. The average Bonchev–Trinajstić information content (AvgIpc) is 3.65. The van der Waals surface area contributed by atoms with Crippen LogP contribution in [-0.4, -0.2) is 47.7 Å². The van der Waals surface area contributed by atoms with Crippen molar-refractivity contribution in [1.82, 2.24) is 9.97 Å². The van der Waals surface area contributed by atoms with Gasteiger partial charge in [-0.15, -0.1) is 11.3 Å². The van der Waals surface area contributed by atoms with Crippen LogP contribution in [0.2, 0.25) is 0 Å². The second kappa shape index (κ2) is 12.5. The number of thiazole rings is 1. The van der Waals surface area contributed by atoms with Crippen molar-refractivity contribution in [2.24, 2.45) is 11.8 Å². The maximum absolute atomic E-state index is 13.2. The van der Waals surface area contributed by atoms with Crippen molar-refractivity contribution in [3.63, 3.8) is 0 Å². The van der Waals surface area contributed by atoms with Crippen LogP contribution in [-0.2, 0) is 20.9 Å². The number of nitrogens with zero attached hydrogens (tertiary/aromatic N) is 2. The summed E-state index contributed by atoms with van der Waals surface area (Å²) >= 11 is 1.55. The molecule has 2 aromatic carbocycles. The molecule has 0 radical (unpaired) electrons. The van der Waals surface area contributed by atoms with Crippen molar-refractivity contribution < 1.29 is 28.8 Å². The van der Waals surface area contributed by atoms with Crippen molar-refractivity contribution in [2.45, 2.75) is 58.5 Å². The fourth-order valence-electron chi connectivity index (χ4n) is 5.37. The fourth-order valence-corrected chi connectivity index (χ4v) is 6.31.